The van der Waals surface area contributed by atoms with Gasteiger partial charge in [-0.25, -0.2) is 0 Å². The molecule has 7 heteroatoms. The topological polar surface area (TPSA) is 77.6 Å². The third-order valence-electron chi connectivity index (χ3n) is 4.03. The predicted molar refractivity (Wildman–Crippen MR) is 81.0 cm³/mol. The van der Waals surface area contributed by atoms with Gasteiger partial charge in [-0.3, -0.25) is 9.48 Å². The Labute approximate surface area is 129 Å². The van der Waals surface area contributed by atoms with Crippen LogP contribution in [0.1, 0.15) is 50.3 Å². The monoisotopic (exact) mass is 302 g/mol. The van der Waals surface area contributed by atoms with Gasteiger partial charge in [0.25, 0.3) is 0 Å². The predicted octanol–water partition coefficient (Wildman–Crippen LogP) is 1.47. The average Bonchev–Trinajstić information content (AvgIpc) is 3.10. The van der Waals surface area contributed by atoms with Crippen LogP contribution in [0.25, 0.3) is 0 Å². The number of rotatable bonds is 5. The van der Waals surface area contributed by atoms with E-state index in [4.69, 9.17) is 0 Å². The zero-order chi connectivity index (χ0) is 15.4. The SMILES string of the molecule is C[C@H](NC(=O)CCn1cccn1)c1nnc2n1CCCCC2. The fourth-order valence-corrected chi connectivity index (χ4v) is 2.85. The van der Waals surface area contributed by atoms with Crippen LogP contribution in [0.15, 0.2) is 18.5 Å². The minimum atomic E-state index is -0.121. The molecule has 2 aromatic rings. The molecular formula is C15H22N6O. The number of carbonyl (C=O) groups excluding carboxylic acids is 1. The normalized spacial score (nSPS) is 15.9. The lowest BCUT2D eigenvalue weighted by molar-refractivity contribution is -0.122. The second kappa shape index (κ2) is 6.72. The van der Waals surface area contributed by atoms with E-state index in [-0.39, 0.29) is 11.9 Å². The van der Waals surface area contributed by atoms with Gasteiger partial charge < -0.3 is 9.88 Å². The number of nitrogens with zero attached hydrogens (tertiary/aromatic N) is 5. The Morgan fingerprint density at radius 3 is 3.09 bits per heavy atom. The number of carbonyl (C=O) groups is 1. The highest BCUT2D eigenvalue weighted by atomic mass is 16.1. The summed E-state index contributed by atoms with van der Waals surface area (Å²) in [5.74, 6) is 1.92. The Morgan fingerprint density at radius 2 is 2.27 bits per heavy atom. The minimum absolute atomic E-state index is 0.00831. The van der Waals surface area contributed by atoms with Crippen molar-refractivity contribution in [3.63, 3.8) is 0 Å². The molecule has 1 N–H and O–H groups in total. The zero-order valence-corrected chi connectivity index (χ0v) is 12.9. The van der Waals surface area contributed by atoms with E-state index < -0.39 is 0 Å². The largest absolute Gasteiger partial charge is 0.346 e. The molecule has 0 saturated heterocycles. The van der Waals surface area contributed by atoms with Crippen LogP contribution in [0, 0.1) is 0 Å². The zero-order valence-electron chi connectivity index (χ0n) is 12.9. The molecule has 0 radical (unpaired) electrons. The Hall–Kier alpha value is -2.18. The molecule has 3 rings (SSSR count). The number of aromatic nitrogens is 5. The van der Waals surface area contributed by atoms with Gasteiger partial charge in [-0.1, -0.05) is 6.42 Å². The van der Waals surface area contributed by atoms with Crippen LogP contribution in [0.4, 0.5) is 0 Å². The van der Waals surface area contributed by atoms with Crippen molar-refractivity contribution in [1.29, 1.82) is 0 Å². The van der Waals surface area contributed by atoms with Crippen LogP contribution < -0.4 is 5.32 Å². The fraction of sp³-hybridized carbons (Fsp3) is 0.600. The fourth-order valence-electron chi connectivity index (χ4n) is 2.85. The number of hydrogen-bond acceptors (Lipinski definition) is 4. The van der Waals surface area contributed by atoms with Crippen molar-refractivity contribution in [2.45, 2.75) is 58.2 Å². The second-order valence-electron chi connectivity index (χ2n) is 5.75. The molecule has 22 heavy (non-hydrogen) atoms. The quantitative estimate of drug-likeness (QED) is 0.907. The molecule has 0 saturated carbocycles. The van der Waals surface area contributed by atoms with Crippen molar-refractivity contribution in [2.24, 2.45) is 0 Å². The molecule has 1 atom stereocenters. The van der Waals surface area contributed by atoms with E-state index in [1.54, 1.807) is 10.9 Å². The number of hydrogen-bond donors (Lipinski definition) is 1. The van der Waals surface area contributed by atoms with Crippen molar-refractivity contribution < 1.29 is 4.79 Å². The van der Waals surface area contributed by atoms with Crippen molar-refractivity contribution >= 4 is 5.91 Å². The summed E-state index contributed by atoms with van der Waals surface area (Å²) in [6, 6.07) is 1.73. The van der Waals surface area contributed by atoms with Crippen LogP contribution in [0.5, 0.6) is 0 Å². The third-order valence-corrected chi connectivity index (χ3v) is 4.03. The van der Waals surface area contributed by atoms with Crippen molar-refractivity contribution in [3.8, 4) is 0 Å². The molecule has 1 aliphatic rings. The summed E-state index contributed by atoms with van der Waals surface area (Å²) in [5.41, 5.74) is 0. The Morgan fingerprint density at radius 1 is 1.36 bits per heavy atom. The summed E-state index contributed by atoms with van der Waals surface area (Å²) < 4.78 is 3.93. The number of fused-ring (bicyclic) bond motifs is 1. The van der Waals surface area contributed by atoms with E-state index in [9.17, 15) is 4.79 Å². The molecule has 118 valence electrons. The molecule has 2 aromatic heterocycles. The Balaban J connectivity index is 1.58. The maximum atomic E-state index is 12.1. The summed E-state index contributed by atoms with van der Waals surface area (Å²) >= 11 is 0. The maximum Gasteiger partial charge on any atom is 0.222 e. The van der Waals surface area contributed by atoms with Crippen LogP contribution in [-0.2, 0) is 24.3 Å². The van der Waals surface area contributed by atoms with Gasteiger partial charge in [0.15, 0.2) is 5.82 Å². The van der Waals surface area contributed by atoms with E-state index in [2.05, 4.69) is 25.2 Å². The highest BCUT2D eigenvalue weighted by molar-refractivity contribution is 5.76. The molecule has 3 heterocycles. The molecule has 0 spiro atoms. The first-order valence-corrected chi connectivity index (χ1v) is 7.93. The van der Waals surface area contributed by atoms with Crippen molar-refractivity contribution in [3.05, 3.63) is 30.1 Å². The maximum absolute atomic E-state index is 12.1. The lowest BCUT2D eigenvalue weighted by atomic mass is 10.2. The minimum Gasteiger partial charge on any atom is -0.346 e. The Kier molecular flexibility index (Phi) is 4.50. The first kappa shape index (κ1) is 14.7. The second-order valence-corrected chi connectivity index (χ2v) is 5.75. The van der Waals surface area contributed by atoms with Crippen LogP contribution >= 0.6 is 0 Å². The number of aryl methyl sites for hydroxylation is 2. The summed E-state index contributed by atoms with van der Waals surface area (Å²) in [4.78, 5) is 12.1. The molecule has 7 nitrogen and oxygen atoms in total. The van der Waals surface area contributed by atoms with Gasteiger partial charge in [0.1, 0.15) is 5.82 Å². The molecule has 0 fully saturated rings. The molecule has 0 aliphatic carbocycles. The van der Waals surface area contributed by atoms with Gasteiger partial charge in [-0.05, 0) is 25.8 Å². The summed E-state index contributed by atoms with van der Waals surface area (Å²) in [5, 5.41) is 15.7. The molecule has 1 aliphatic heterocycles. The summed E-state index contributed by atoms with van der Waals surface area (Å²) in [6.07, 6.45) is 8.51. The molecule has 0 bridgehead atoms. The summed E-state index contributed by atoms with van der Waals surface area (Å²) in [6.45, 7) is 3.50. The summed E-state index contributed by atoms with van der Waals surface area (Å²) in [7, 11) is 0. The number of amides is 1. The van der Waals surface area contributed by atoms with Crippen molar-refractivity contribution in [2.75, 3.05) is 0 Å². The lowest BCUT2D eigenvalue weighted by Crippen LogP contribution is -2.29. The van der Waals surface area contributed by atoms with Crippen molar-refractivity contribution in [1.82, 2.24) is 29.9 Å². The highest BCUT2D eigenvalue weighted by Gasteiger charge is 2.20. The lowest BCUT2D eigenvalue weighted by Gasteiger charge is -2.15. The van der Waals surface area contributed by atoms with Gasteiger partial charge >= 0.3 is 0 Å². The first-order chi connectivity index (χ1) is 10.7. The average molecular weight is 302 g/mol. The van der Waals surface area contributed by atoms with E-state index in [1.807, 2.05) is 19.2 Å². The first-order valence-electron chi connectivity index (χ1n) is 7.93. The highest BCUT2D eigenvalue weighted by Crippen LogP contribution is 2.18. The van der Waals surface area contributed by atoms with E-state index in [0.29, 0.717) is 13.0 Å². The van der Waals surface area contributed by atoms with Crippen LogP contribution in [0.2, 0.25) is 0 Å². The van der Waals surface area contributed by atoms with E-state index in [0.717, 1.165) is 31.0 Å². The van der Waals surface area contributed by atoms with Gasteiger partial charge in [0.2, 0.25) is 5.91 Å². The standard InChI is InChI=1S/C15H22N6O/c1-12(17-14(22)7-11-20-9-5-8-16-20)15-19-18-13-6-3-2-4-10-21(13)15/h5,8-9,12H,2-4,6-7,10-11H2,1H3,(H,17,22)/t12-/m0/s1. The van der Waals surface area contributed by atoms with E-state index >= 15 is 0 Å². The Bertz CT molecular complexity index is 618. The van der Waals surface area contributed by atoms with Gasteiger partial charge in [-0.15, -0.1) is 10.2 Å². The molecule has 0 unspecified atom stereocenters. The molecular weight excluding hydrogens is 280 g/mol. The van der Waals surface area contributed by atoms with Crippen LogP contribution in [-0.4, -0.2) is 30.5 Å². The van der Waals surface area contributed by atoms with Gasteiger partial charge in [0.05, 0.1) is 6.04 Å². The third kappa shape index (κ3) is 3.35. The van der Waals surface area contributed by atoms with Gasteiger partial charge in [-0.2, -0.15) is 5.10 Å². The smallest absolute Gasteiger partial charge is 0.222 e. The van der Waals surface area contributed by atoms with Gasteiger partial charge in [0, 0.05) is 38.3 Å². The molecule has 1 amide bonds. The molecule has 0 aromatic carbocycles. The van der Waals surface area contributed by atoms with Crippen LogP contribution in [0.3, 0.4) is 0 Å². The van der Waals surface area contributed by atoms with E-state index in [1.165, 1.54) is 12.8 Å². The number of nitrogens with one attached hydrogen (secondary N) is 1.